The molecule has 1 unspecified atom stereocenters. The number of hydrogen-bond donors (Lipinski definition) is 2. The van der Waals surface area contributed by atoms with E-state index in [4.69, 9.17) is 11.6 Å². The Bertz CT molecular complexity index is 676. The average Bonchev–Trinajstić information content (AvgIpc) is 2.60. The van der Waals surface area contributed by atoms with Crippen LogP contribution in [0.3, 0.4) is 0 Å². The van der Waals surface area contributed by atoms with Crippen LogP contribution in [0.5, 0.6) is 0 Å². The van der Waals surface area contributed by atoms with Crippen LogP contribution in [-0.4, -0.2) is 64.5 Å². The molecule has 6 nitrogen and oxygen atoms in total. The normalized spacial score (nSPS) is 13.7. The molecule has 0 aliphatic heterocycles. The van der Waals surface area contributed by atoms with Gasteiger partial charge in [0.25, 0.3) is 0 Å². The van der Waals surface area contributed by atoms with Crippen molar-refractivity contribution in [1.29, 1.82) is 0 Å². The molecule has 26 heavy (non-hydrogen) atoms. The number of hydrogen-bond acceptors (Lipinski definition) is 4. The molecule has 0 saturated heterocycles. The zero-order chi connectivity index (χ0) is 19.6. The van der Waals surface area contributed by atoms with Crippen molar-refractivity contribution in [3.63, 3.8) is 0 Å². The number of guanidine groups is 1. The van der Waals surface area contributed by atoms with Crippen LogP contribution in [-0.2, 0) is 9.84 Å². The maximum absolute atomic E-state index is 11.2. The lowest BCUT2D eigenvalue weighted by molar-refractivity contribution is 0.219. The third-order valence-electron chi connectivity index (χ3n) is 4.19. The fraction of sp³-hybridized carbons (Fsp3) is 0.611. The van der Waals surface area contributed by atoms with E-state index in [2.05, 4.69) is 40.4 Å². The molecule has 8 heteroatoms. The lowest BCUT2D eigenvalue weighted by Crippen LogP contribution is -2.43. The second-order valence-corrected chi connectivity index (χ2v) is 8.79. The largest absolute Gasteiger partial charge is 0.356 e. The quantitative estimate of drug-likeness (QED) is 0.357. The summed E-state index contributed by atoms with van der Waals surface area (Å²) in [4.78, 5) is 6.55. The Kier molecular flexibility index (Phi) is 9.98. The van der Waals surface area contributed by atoms with Crippen molar-refractivity contribution < 1.29 is 8.42 Å². The van der Waals surface area contributed by atoms with Gasteiger partial charge in [-0.3, -0.25) is 9.89 Å². The van der Waals surface area contributed by atoms with Crippen LogP contribution in [0, 0.1) is 0 Å². The zero-order valence-corrected chi connectivity index (χ0v) is 17.7. The van der Waals surface area contributed by atoms with Crippen molar-refractivity contribution in [2.45, 2.75) is 26.3 Å². The fourth-order valence-corrected chi connectivity index (χ4v) is 3.73. The molecule has 1 aromatic rings. The zero-order valence-electron chi connectivity index (χ0n) is 16.1. The van der Waals surface area contributed by atoms with E-state index in [1.165, 1.54) is 6.26 Å². The van der Waals surface area contributed by atoms with Crippen molar-refractivity contribution >= 4 is 27.4 Å². The van der Waals surface area contributed by atoms with Crippen LogP contribution in [0.25, 0.3) is 0 Å². The summed E-state index contributed by atoms with van der Waals surface area (Å²) in [6.07, 6.45) is 1.79. The minimum absolute atomic E-state index is 0.119. The van der Waals surface area contributed by atoms with E-state index in [0.717, 1.165) is 23.7 Å². The van der Waals surface area contributed by atoms with E-state index < -0.39 is 9.84 Å². The molecule has 0 heterocycles. The summed E-state index contributed by atoms with van der Waals surface area (Å²) in [5, 5.41) is 7.24. The first kappa shape index (κ1) is 22.7. The number of nitrogens with one attached hydrogen (secondary N) is 2. The van der Waals surface area contributed by atoms with Crippen molar-refractivity contribution in [2.24, 2.45) is 4.99 Å². The second kappa shape index (κ2) is 11.4. The SMILES string of the molecule is CCN(CC)C(CNC(=NC)NCCCS(C)(=O)=O)c1ccccc1Cl. The molecular weight excluding hydrogens is 372 g/mol. The van der Waals surface area contributed by atoms with E-state index in [1.54, 1.807) is 7.05 Å². The lowest BCUT2D eigenvalue weighted by atomic mass is 10.0. The third kappa shape index (κ3) is 7.93. The van der Waals surface area contributed by atoms with Gasteiger partial charge < -0.3 is 10.6 Å². The van der Waals surface area contributed by atoms with Gasteiger partial charge in [0.15, 0.2) is 5.96 Å². The van der Waals surface area contributed by atoms with Crippen LogP contribution in [0.15, 0.2) is 29.3 Å². The summed E-state index contributed by atoms with van der Waals surface area (Å²) < 4.78 is 22.4. The first-order valence-corrected chi connectivity index (χ1v) is 11.4. The summed E-state index contributed by atoms with van der Waals surface area (Å²) in [6, 6.07) is 8.01. The molecule has 1 rings (SSSR count). The van der Waals surface area contributed by atoms with E-state index in [9.17, 15) is 8.42 Å². The average molecular weight is 403 g/mol. The highest BCUT2D eigenvalue weighted by Crippen LogP contribution is 2.26. The summed E-state index contributed by atoms with van der Waals surface area (Å²) >= 11 is 6.41. The van der Waals surface area contributed by atoms with Crippen molar-refractivity contribution in [1.82, 2.24) is 15.5 Å². The molecule has 0 spiro atoms. The molecule has 0 saturated carbocycles. The van der Waals surface area contributed by atoms with Crippen LogP contribution in [0.2, 0.25) is 5.02 Å². The smallest absolute Gasteiger partial charge is 0.191 e. The van der Waals surface area contributed by atoms with Gasteiger partial charge >= 0.3 is 0 Å². The van der Waals surface area contributed by atoms with Gasteiger partial charge in [0.2, 0.25) is 0 Å². The van der Waals surface area contributed by atoms with E-state index >= 15 is 0 Å². The van der Waals surface area contributed by atoms with Gasteiger partial charge in [-0.2, -0.15) is 0 Å². The van der Waals surface area contributed by atoms with Crippen LogP contribution >= 0.6 is 11.6 Å². The molecule has 0 aromatic heterocycles. The molecule has 0 bridgehead atoms. The van der Waals surface area contributed by atoms with Crippen LogP contribution < -0.4 is 10.6 Å². The molecule has 2 N–H and O–H groups in total. The van der Waals surface area contributed by atoms with Gasteiger partial charge in [-0.1, -0.05) is 43.6 Å². The van der Waals surface area contributed by atoms with E-state index in [0.29, 0.717) is 25.5 Å². The molecule has 0 aliphatic rings. The van der Waals surface area contributed by atoms with Crippen LogP contribution in [0.1, 0.15) is 31.9 Å². The molecule has 148 valence electrons. The minimum Gasteiger partial charge on any atom is -0.356 e. The highest BCUT2D eigenvalue weighted by atomic mass is 35.5. The Morgan fingerprint density at radius 2 is 1.88 bits per heavy atom. The standard InChI is InChI=1S/C18H31ClN4O2S/c1-5-23(6-2)17(15-10-7-8-11-16(15)19)14-22-18(20-3)21-12-9-13-26(4,24)25/h7-8,10-11,17H,5-6,9,12-14H2,1-4H3,(H2,20,21,22). The van der Waals surface area contributed by atoms with Crippen molar-refractivity contribution in [2.75, 3.05) is 45.2 Å². The lowest BCUT2D eigenvalue weighted by Gasteiger charge is -2.31. The molecule has 1 aromatic carbocycles. The molecule has 1 atom stereocenters. The number of benzene rings is 1. The van der Waals surface area contributed by atoms with Gasteiger partial charge in [-0.25, -0.2) is 8.42 Å². The first-order valence-electron chi connectivity index (χ1n) is 8.93. The van der Waals surface area contributed by atoms with Gasteiger partial charge in [0.05, 0.1) is 11.8 Å². The second-order valence-electron chi connectivity index (χ2n) is 6.12. The summed E-state index contributed by atoms with van der Waals surface area (Å²) in [7, 11) is -1.23. The Hall–Kier alpha value is -1.31. The van der Waals surface area contributed by atoms with Crippen LogP contribution in [0.4, 0.5) is 0 Å². The third-order valence-corrected chi connectivity index (χ3v) is 5.56. The predicted octanol–water partition coefficient (Wildman–Crippen LogP) is 2.32. The minimum atomic E-state index is -2.93. The summed E-state index contributed by atoms with van der Waals surface area (Å²) in [5.74, 6) is 0.821. The maximum Gasteiger partial charge on any atom is 0.191 e. The number of aliphatic imine (C=N–C) groups is 1. The summed E-state index contributed by atoms with van der Waals surface area (Å²) in [6.45, 7) is 7.28. The molecule has 0 amide bonds. The van der Waals surface area contributed by atoms with Gasteiger partial charge in [-0.15, -0.1) is 0 Å². The topological polar surface area (TPSA) is 73.8 Å². The monoisotopic (exact) mass is 402 g/mol. The van der Waals surface area contributed by atoms with E-state index in [1.807, 2.05) is 18.2 Å². The van der Waals surface area contributed by atoms with Gasteiger partial charge in [0.1, 0.15) is 9.84 Å². The first-order chi connectivity index (χ1) is 12.3. The van der Waals surface area contributed by atoms with Gasteiger partial charge in [0, 0.05) is 31.4 Å². The Morgan fingerprint density at radius 1 is 1.23 bits per heavy atom. The Balaban J connectivity index is 2.71. The van der Waals surface area contributed by atoms with Crippen molar-refractivity contribution in [3.05, 3.63) is 34.9 Å². The number of rotatable bonds is 10. The number of likely N-dealkylation sites (N-methyl/N-ethyl adjacent to an activating group) is 1. The number of sulfone groups is 1. The van der Waals surface area contributed by atoms with Crippen molar-refractivity contribution in [3.8, 4) is 0 Å². The Labute approximate surface area is 162 Å². The number of halogens is 1. The fourth-order valence-electron chi connectivity index (χ4n) is 2.80. The molecular formula is C18H31ClN4O2S. The molecule has 0 radical (unpaired) electrons. The predicted molar refractivity (Wildman–Crippen MR) is 111 cm³/mol. The Morgan fingerprint density at radius 3 is 2.42 bits per heavy atom. The molecule has 0 fully saturated rings. The summed E-state index contributed by atoms with van der Waals surface area (Å²) in [5.41, 5.74) is 1.08. The van der Waals surface area contributed by atoms with E-state index in [-0.39, 0.29) is 11.8 Å². The number of nitrogens with zero attached hydrogens (tertiary/aromatic N) is 2. The maximum atomic E-state index is 11.2. The highest BCUT2D eigenvalue weighted by Gasteiger charge is 2.20. The van der Waals surface area contributed by atoms with Gasteiger partial charge in [-0.05, 0) is 31.1 Å². The molecule has 0 aliphatic carbocycles. The highest BCUT2D eigenvalue weighted by molar-refractivity contribution is 7.90.